The van der Waals surface area contributed by atoms with E-state index in [9.17, 15) is 9.59 Å². The first kappa shape index (κ1) is 17.6. The van der Waals surface area contributed by atoms with Crippen molar-refractivity contribution >= 4 is 28.3 Å². The van der Waals surface area contributed by atoms with Crippen molar-refractivity contribution in [1.82, 2.24) is 9.88 Å². The second-order valence-electron chi connectivity index (χ2n) is 6.57. The topological polar surface area (TPSA) is 62.3 Å². The maximum Gasteiger partial charge on any atom is 0.229 e. The molecule has 6 heteroatoms. The quantitative estimate of drug-likeness (QED) is 0.914. The molecule has 1 saturated heterocycles. The molecule has 0 radical (unpaired) electrons. The lowest BCUT2D eigenvalue weighted by molar-refractivity contribution is -0.132. The van der Waals surface area contributed by atoms with Crippen molar-refractivity contribution in [2.45, 2.75) is 33.1 Å². The molecular formula is C19H23N3O2S. The first-order valence-electron chi connectivity index (χ1n) is 8.58. The van der Waals surface area contributed by atoms with E-state index in [-0.39, 0.29) is 17.7 Å². The van der Waals surface area contributed by atoms with Gasteiger partial charge in [0.1, 0.15) is 0 Å². The highest BCUT2D eigenvalue weighted by Crippen LogP contribution is 2.24. The lowest BCUT2D eigenvalue weighted by Crippen LogP contribution is -2.40. The fraction of sp³-hybridized carbons (Fsp3) is 0.421. The van der Waals surface area contributed by atoms with Crippen molar-refractivity contribution in [3.63, 3.8) is 0 Å². The highest BCUT2D eigenvalue weighted by molar-refractivity contribution is 7.15. The van der Waals surface area contributed by atoms with Gasteiger partial charge >= 0.3 is 0 Å². The molecule has 2 amide bonds. The number of aryl methyl sites for hydroxylation is 1. The summed E-state index contributed by atoms with van der Waals surface area (Å²) in [6.07, 6.45) is 4.09. The molecule has 3 rings (SSSR count). The van der Waals surface area contributed by atoms with Gasteiger partial charge in [0.05, 0.1) is 0 Å². The highest BCUT2D eigenvalue weighted by atomic mass is 32.1. The first-order valence-corrected chi connectivity index (χ1v) is 9.39. The summed E-state index contributed by atoms with van der Waals surface area (Å²) >= 11 is 1.52. The predicted molar refractivity (Wildman–Crippen MR) is 99.7 cm³/mol. The minimum absolute atomic E-state index is 0.0136. The standard InChI is InChI=1S/C19H23N3O2S/c1-13-4-3-5-15(10-13)11-17-12-20-19(25-17)21-18(24)16-6-8-22(9-7-16)14(2)23/h3-5,10,12,16H,6-9,11H2,1-2H3,(H,20,21,24). The number of hydrogen-bond acceptors (Lipinski definition) is 4. The number of hydrogen-bond donors (Lipinski definition) is 1. The minimum atomic E-state index is -0.0419. The Kier molecular flexibility index (Phi) is 5.48. The molecule has 1 aromatic carbocycles. The van der Waals surface area contributed by atoms with Crippen LogP contribution in [0.5, 0.6) is 0 Å². The van der Waals surface area contributed by atoms with Gasteiger partial charge in [0.2, 0.25) is 11.8 Å². The van der Waals surface area contributed by atoms with Gasteiger partial charge in [-0.2, -0.15) is 0 Å². The van der Waals surface area contributed by atoms with Gasteiger partial charge < -0.3 is 10.2 Å². The molecule has 5 nitrogen and oxygen atoms in total. The SMILES string of the molecule is CC(=O)N1CCC(C(=O)Nc2ncc(Cc3cccc(C)c3)s2)CC1. The number of nitrogens with one attached hydrogen (secondary N) is 1. The number of carbonyl (C=O) groups excluding carboxylic acids is 2. The predicted octanol–water partition coefficient (Wildman–Crippen LogP) is 3.24. The molecule has 132 valence electrons. The van der Waals surface area contributed by atoms with E-state index < -0.39 is 0 Å². The number of thiazole rings is 1. The Morgan fingerprint density at radius 1 is 1.32 bits per heavy atom. The van der Waals surface area contributed by atoms with Gasteiger partial charge in [-0.1, -0.05) is 29.8 Å². The zero-order chi connectivity index (χ0) is 17.8. The molecule has 1 N–H and O–H groups in total. The van der Waals surface area contributed by atoms with Crippen LogP contribution in [-0.4, -0.2) is 34.8 Å². The number of benzene rings is 1. The van der Waals surface area contributed by atoms with Crippen LogP contribution in [0.25, 0.3) is 0 Å². The summed E-state index contributed by atoms with van der Waals surface area (Å²) in [6, 6.07) is 8.41. The third-order valence-corrected chi connectivity index (χ3v) is 5.47. The summed E-state index contributed by atoms with van der Waals surface area (Å²) in [5.74, 6) is 0.0546. The molecule has 0 saturated carbocycles. The molecule has 0 unspecified atom stereocenters. The average Bonchev–Trinajstić information content (AvgIpc) is 3.01. The number of aromatic nitrogens is 1. The Labute approximate surface area is 152 Å². The first-order chi connectivity index (χ1) is 12.0. The lowest BCUT2D eigenvalue weighted by atomic mass is 9.96. The van der Waals surface area contributed by atoms with Crippen LogP contribution in [0.2, 0.25) is 0 Å². The molecule has 1 aliphatic rings. The molecule has 1 fully saturated rings. The number of amides is 2. The van der Waals surface area contributed by atoms with Gasteiger partial charge in [-0.25, -0.2) is 4.98 Å². The van der Waals surface area contributed by atoms with E-state index in [0.29, 0.717) is 31.1 Å². The maximum atomic E-state index is 12.4. The monoisotopic (exact) mass is 357 g/mol. The number of anilines is 1. The van der Waals surface area contributed by atoms with Crippen LogP contribution in [0.15, 0.2) is 30.5 Å². The van der Waals surface area contributed by atoms with Gasteiger partial charge in [0.15, 0.2) is 5.13 Å². The number of nitrogens with zero attached hydrogens (tertiary/aromatic N) is 2. The van der Waals surface area contributed by atoms with Crippen molar-refractivity contribution in [2.24, 2.45) is 5.92 Å². The van der Waals surface area contributed by atoms with Gasteiger partial charge in [0.25, 0.3) is 0 Å². The zero-order valence-electron chi connectivity index (χ0n) is 14.6. The van der Waals surface area contributed by atoms with Crippen molar-refractivity contribution in [2.75, 3.05) is 18.4 Å². The fourth-order valence-corrected chi connectivity index (χ4v) is 3.98. The molecule has 2 aromatic rings. The van der Waals surface area contributed by atoms with Gasteiger partial charge in [0, 0.05) is 43.4 Å². The Hall–Kier alpha value is -2.21. The summed E-state index contributed by atoms with van der Waals surface area (Å²) in [4.78, 5) is 31.0. The third kappa shape index (κ3) is 4.66. The Morgan fingerprint density at radius 3 is 2.76 bits per heavy atom. The van der Waals surface area contributed by atoms with Gasteiger partial charge in [-0.15, -0.1) is 11.3 Å². The van der Waals surface area contributed by atoms with E-state index in [0.717, 1.165) is 11.3 Å². The van der Waals surface area contributed by atoms with Crippen molar-refractivity contribution in [3.05, 3.63) is 46.5 Å². The second kappa shape index (κ2) is 7.78. The van der Waals surface area contributed by atoms with E-state index >= 15 is 0 Å². The zero-order valence-corrected chi connectivity index (χ0v) is 15.4. The molecule has 0 atom stereocenters. The molecule has 1 aliphatic heterocycles. The minimum Gasteiger partial charge on any atom is -0.343 e. The average molecular weight is 357 g/mol. The number of rotatable bonds is 4. The maximum absolute atomic E-state index is 12.4. The molecule has 2 heterocycles. The number of piperidine rings is 1. The van der Waals surface area contributed by atoms with Crippen LogP contribution in [0.4, 0.5) is 5.13 Å². The molecular weight excluding hydrogens is 334 g/mol. The number of carbonyl (C=O) groups is 2. The fourth-order valence-electron chi connectivity index (χ4n) is 3.13. The number of likely N-dealkylation sites (tertiary alicyclic amines) is 1. The summed E-state index contributed by atoms with van der Waals surface area (Å²) in [7, 11) is 0. The van der Waals surface area contributed by atoms with Crippen LogP contribution < -0.4 is 5.32 Å². The van der Waals surface area contributed by atoms with Crippen LogP contribution >= 0.6 is 11.3 Å². The van der Waals surface area contributed by atoms with E-state index in [1.807, 2.05) is 6.20 Å². The summed E-state index contributed by atoms with van der Waals surface area (Å²) in [5, 5.41) is 3.59. The van der Waals surface area contributed by atoms with Crippen molar-refractivity contribution < 1.29 is 9.59 Å². The van der Waals surface area contributed by atoms with E-state index in [1.54, 1.807) is 11.8 Å². The molecule has 0 bridgehead atoms. The summed E-state index contributed by atoms with van der Waals surface area (Å²) in [6.45, 7) is 4.97. The van der Waals surface area contributed by atoms with Crippen LogP contribution in [0.1, 0.15) is 35.8 Å². The van der Waals surface area contributed by atoms with Gasteiger partial charge in [-0.05, 0) is 25.3 Å². The molecule has 0 spiro atoms. The van der Waals surface area contributed by atoms with E-state index in [4.69, 9.17) is 0 Å². The van der Waals surface area contributed by atoms with Crippen molar-refractivity contribution in [3.8, 4) is 0 Å². The van der Waals surface area contributed by atoms with Crippen LogP contribution in [-0.2, 0) is 16.0 Å². The second-order valence-corrected chi connectivity index (χ2v) is 7.68. The largest absolute Gasteiger partial charge is 0.343 e. The van der Waals surface area contributed by atoms with Gasteiger partial charge in [-0.3, -0.25) is 9.59 Å². The smallest absolute Gasteiger partial charge is 0.229 e. The Morgan fingerprint density at radius 2 is 2.08 bits per heavy atom. The summed E-state index contributed by atoms with van der Waals surface area (Å²) < 4.78 is 0. The van der Waals surface area contributed by atoms with Crippen molar-refractivity contribution in [1.29, 1.82) is 0 Å². The lowest BCUT2D eigenvalue weighted by Gasteiger charge is -2.30. The molecule has 1 aromatic heterocycles. The summed E-state index contributed by atoms with van der Waals surface area (Å²) in [5.41, 5.74) is 2.49. The van der Waals surface area contributed by atoms with E-state index in [2.05, 4.69) is 41.5 Å². The molecule has 0 aliphatic carbocycles. The molecule has 25 heavy (non-hydrogen) atoms. The normalized spacial score (nSPS) is 15.2. The van der Waals surface area contributed by atoms with Crippen LogP contribution in [0.3, 0.4) is 0 Å². The highest BCUT2D eigenvalue weighted by Gasteiger charge is 2.26. The van der Waals surface area contributed by atoms with Crippen LogP contribution in [0, 0.1) is 12.8 Å². The Balaban J connectivity index is 1.54. The van der Waals surface area contributed by atoms with E-state index in [1.165, 1.54) is 22.5 Å². The Bertz CT molecular complexity index is 764. The third-order valence-electron chi connectivity index (χ3n) is 4.56.